The van der Waals surface area contributed by atoms with Crippen molar-refractivity contribution in [1.82, 2.24) is 0 Å². The number of nitrogens with zero attached hydrogens (tertiary/aromatic N) is 2. The number of hydrogen-bond acceptors (Lipinski definition) is 5. The molecule has 0 saturated heterocycles. The van der Waals surface area contributed by atoms with Crippen LogP contribution in [0.5, 0.6) is 5.75 Å². The molecular formula is C31H42N2O3. The summed E-state index contributed by atoms with van der Waals surface area (Å²) in [5.41, 5.74) is 6.00. The van der Waals surface area contributed by atoms with E-state index in [1.807, 2.05) is 0 Å². The van der Waals surface area contributed by atoms with Crippen molar-refractivity contribution in [2.45, 2.75) is 91.7 Å². The Morgan fingerprint density at radius 1 is 1.14 bits per heavy atom. The summed E-state index contributed by atoms with van der Waals surface area (Å²) in [4.78, 5) is 11.6. The van der Waals surface area contributed by atoms with Gasteiger partial charge in [-0.15, -0.1) is 0 Å². The number of rotatable bonds is 3. The van der Waals surface area contributed by atoms with Crippen molar-refractivity contribution >= 4 is 17.4 Å². The standard InChI is InChI=1S/C31H42N2O3/c1-18-15-22(35-6)8-10-28(18)33-19(2)29-27(32-33)17-26-24-9-7-21-16-23(36-20(3)34)11-13-30(21,4)25(24)12-14-31(26,29)5/h7-8,10,15,19,23-26,29H,9,11-14,16-17H2,1-6H3/t19-,23-,24+,25-,26-,29-,30-,31-/m0/s1. The third-order valence-corrected chi connectivity index (χ3v) is 11.1. The Balaban J connectivity index is 1.27. The maximum atomic E-state index is 11.6. The zero-order valence-corrected chi connectivity index (χ0v) is 22.8. The minimum Gasteiger partial charge on any atom is -0.497 e. The van der Waals surface area contributed by atoms with Gasteiger partial charge in [-0.1, -0.05) is 25.5 Å². The van der Waals surface area contributed by atoms with Crippen molar-refractivity contribution in [2.75, 3.05) is 12.1 Å². The summed E-state index contributed by atoms with van der Waals surface area (Å²) in [5, 5.41) is 7.61. The number of carbonyl (C=O) groups is 1. The molecule has 1 heterocycles. The van der Waals surface area contributed by atoms with Gasteiger partial charge in [0.15, 0.2) is 0 Å². The van der Waals surface area contributed by atoms with Crippen molar-refractivity contribution in [3.05, 3.63) is 35.4 Å². The van der Waals surface area contributed by atoms with Crippen molar-refractivity contribution in [3.8, 4) is 5.75 Å². The van der Waals surface area contributed by atoms with E-state index in [1.165, 1.54) is 36.2 Å². The van der Waals surface area contributed by atoms with Crippen LogP contribution in [0.4, 0.5) is 5.69 Å². The number of benzene rings is 1. The minimum atomic E-state index is -0.141. The normalized spacial score (nSPS) is 40.9. The minimum absolute atomic E-state index is 0.0701. The Morgan fingerprint density at radius 3 is 2.67 bits per heavy atom. The second-order valence-corrected chi connectivity index (χ2v) is 12.8. The number of esters is 1. The van der Waals surface area contributed by atoms with Crippen molar-refractivity contribution in [1.29, 1.82) is 0 Å². The molecule has 0 radical (unpaired) electrons. The van der Waals surface area contributed by atoms with E-state index >= 15 is 0 Å². The zero-order chi connectivity index (χ0) is 25.4. The quantitative estimate of drug-likeness (QED) is 0.350. The summed E-state index contributed by atoms with van der Waals surface area (Å²) in [5.74, 6) is 3.48. The van der Waals surface area contributed by atoms with E-state index in [0.717, 1.165) is 43.3 Å². The molecule has 3 saturated carbocycles. The highest BCUT2D eigenvalue weighted by atomic mass is 16.5. The number of ether oxygens (including phenoxy) is 2. The first-order chi connectivity index (χ1) is 17.2. The fourth-order valence-corrected chi connectivity index (χ4v) is 9.40. The number of aryl methyl sites for hydroxylation is 1. The Morgan fingerprint density at radius 2 is 1.94 bits per heavy atom. The van der Waals surface area contributed by atoms with Gasteiger partial charge in [0.1, 0.15) is 11.9 Å². The smallest absolute Gasteiger partial charge is 0.302 e. The average molecular weight is 491 g/mol. The molecule has 0 N–H and O–H groups in total. The van der Waals surface area contributed by atoms with Crippen LogP contribution in [0.1, 0.15) is 78.2 Å². The van der Waals surface area contributed by atoms with E-state index in [9.17, 15) is 4.79 Å². The fraction of sp³-hybridized carbons (Fsp3) is 0.677. The summed E-state index contributed by atoms with van der Waals surface area (Å²) >= 11 is 0. The van der Waals surface area contributed by atoms with Crippen molar-refractivity contribution in [3.63, 3.8) is 0 Å². The van der Waals surface area contributed by atoms with Crippen LogP contribution in [-0.2, 0) is 9.53 Å². The van der Waals surface area contributed by atoms with Gasteiger partial charge in [0.25, 0.3) is 0 Å². The van der Waals surface area contributed by atoms with Crippen molar-refractivity contribution in [2.24, 2.45) is 39.6 Å². The number of methoxy groups -OCH3 is 1. The molecule has 0 bridgehead atoms. The van der Waals surface area contributed by atoms with E-state index in [2.05, 4.69) is 57.0 Å². The molecule has 3 fully saturated rings. The van der Waals surface area contributed by atoms with Crippen LogP contribution >= 0.6 is 0 Å². The molecule has 1 aliphatic heterocycles. The first-order valence-electron chi connectivity index (χ1n) is 14.0. The van der Waals surface area contributed by atoms with Crippen LogP contribution in [0.25, 0.3) is 0 Å². The number of anilines is 1. The topological polar surface area (TPSA) is 51.1 Å². The molecule has 194 valence electrons. The fourth-order valence-electron chi connectivity index (χ4n) is 9.40. The van der Waals surface area contributed by atoms with Gasteiger partial charge in [-0.3, -0.25) is 9.80 Å². The Bertz CT molecular complexity index is 1140. The first kappa shape index (κ1) is 24.1. The molecule has 5 aliphatic rings. The predicted molar refractivity (Wildman–Crippen MR) is 143 cm³/mol. The van der Waals surface area contributed by atoms with Crippen LogP contribution < -0.4 is 9.75 Å². The van der Waals surface area contributed by atoms with Gasteiger partial charge in [-0.25, -0.2) is 0 Å². The maximum Gasteiger partial charge on any atom is 0.302 e. The van der Waals surface area contributed by atoms with Gasteiger partial charge in [0.2, 0.25) is 0 Å². The molecule has 0 amide bonds. The van der Waals surface area contributed by atoms with Gasteiger partial charge in [-0.2, -0.15) is 5.10 Å². The maximum absolute atomic E-state index is 11.6. The third-order valence-electron chi connectivity index (χ3n) is 11.1. The summed E-state index contributed by atoms with van der Waals surface area (Å²) in [7, 11) is 1.73. The highest BCUT2D eigenvalue weighted by Gasteiger charge is 2.63. The Kier molecular flexibility index (Phi) is 5.59. The number of hydrogen-bond donors (Lipinski definition) is 0. The number of hydrazone groups is 1. The lowest BCUT2D eigenvalue weighted by molar-refractivity contribution is -0.148. The molecule has 6 rings (SSSR count). The van der Waals surface area contributed by atoms with Gasteiger partial charge in [0, 0.05) is 25.0 Å². The largest absolute Gasteiger partial charge is 0.497 e. The molecule has 1 aromatic carbocycles. The SMILES string of the molecule is COc1ccc(N2N=C3C[C@H]4[C@@H]5CC=C6C[C@@H](OC(C)=O)CC[C@]6(C)[C@H]5CC[C@]4(C)[C@H]3[C@@H]2C)c(C)c1. The predicted octanol–water partition coefficient (Wildman–Crippen LogP) is 6.69. The number of allylic oxidation sites excluding steroid dienone is 1. The summed E-state index contributed by atoms with van der Waals surface area (Å²) in [6.45, 7) is 11.2. The first-order valence-corrected chi connectivity index (χ1v) is 14.0. The molecule has 0 spiro atoms. The molecule has 0 aromatic heterocycles. The van der Waals surface area contributed by atoms with Crippen LogP contribution in [0.15, 0.2) is 34.9 Å². The highest BCUT2D eigenvalue weighted by molar-refractivity contribution is 5.94. The molecule has 1 aromatic rings. The molecule has 5 heteroatoms. The highest BCUT2D eigenvalue weighted by Crippen LogP contribution is 2.67. The third kappa shape index (κ3) is 3.40. The lowest BCUT2D eigenvalue weighted by Gasteiger charge is -2.58. The summed E-state index contributed by atoms with van der Waals surface area (Å²) in [6, 6.07) is 6.73. The Labute approximate surface area is 216 Å². The van der Waals surface area contributed by atoms with E-state index in [1.54, 1.807) is 19.6 Å². The summed E-state index contributed by atoms with van der Waals surface area (Å²) in [6.07, 6.45) is 10.6. The second kappa shape index (κ2) is 8.36. The van der Waals surface area contributed by atoms with Crippen molar-refractivity contribution < 1.29 is 14.3 Å². The number of carbonyl (C=O) groups excluding carboxylic acids is 1. The second-order valence-electron chi connectivity index (χ2n) is 12.8. The van der Waals surface area contributed by atoms with E-state index in [0.29, 0.717) is 23.3 Å². The van der Waals surface area contributed by atoms with Gasteiger partial charge in [-0.05, 0) is 105 Å². The van der Waals surface area contributed by atoms with E-state index in [-0.39, 0.29) is 17.5 Å². The summed E-state index contributed by atoms with van der Waals surface area (Å²) < 4.78 is 11.1. The monoisotopic (exact) mass is 490 g/mol. The molecule has 36 heavy (non-hydrogen) atoms. The lowest BCUT2D eigenvalue weighted by atomic mass is 9.47. The van der Waals surface area contributed by atoms with Crippen LogP contribution in [0.3, 0.4) is 0 Å². The lowest BCUT2D eigenvalue weighted by Crippen LogP contribution is -2.52. The zero-order valence-electron chi connectivity index (χ0n) is 22.8. The molecule has 5 nitrogen and oxygen atoms in total. The molecule has 0 unspecified atom stereocenters. The molecule has 8 atom stereocenters. The van der Waals surface area contributed by atoms with Crippen LogP contribution in [0, 0.1) is 41.4 Å². The van der Waals surface area contributed by atoms with Crippen LogP contribution in [-0.4, -0.2) is 30.9 Å². The van der Waals surface area contributed by atoms with Gasteiger partial charge in [0.05, 0.1) is 18.8 Å². The van der Waals surface area contributed by atoms with E-state index in [4.69, 9.17) is 14.6 Å². The molecule has 4 aliphatic carbocycles. The van der Waals surface area contributed by atoms with Gasteiger partial charge < -0.3 is 9.47 Å². The van der Waals surface area contributed by atoms with Crippen LogP contribution in [0.2, 0.25) is 0 Å². The average Bonchev–Trinajstić information content (AvgIpc) is 3.32. The van der Waals surface area contributed by atoms with Gasteiger partial charge >= 0.3 is 5.97 Å². The van der Waals surface area contributed by atoms with E-state index < -0.39 is 0 Å². The Hall–Kier alpha value is -2.30. The number of fused-ring (bicyclic) bond motifs is 7. The molecular weight excluding hydrogens is 448 g/mol.